The molecule has 8 heteroatoms. The molecule has 1 amide bonds. The summed E-state index contributed by atoms with van der Waals surface area (Å²) in [4.78, 5) is 12.2. The highest BCUT2D eigenvalue weighted by Crippen LogP contribution is 2.28. The number of anilines is 1. The minimum Gasteiger partial charge on any atom is -0.493 e. The second kappa shape index (κ2) is 7.35. The fourth-order valence-corrected chi connectivity index (χ4v) is 2.75. The van der Waals surface area contributed by atoms with Gasteiger partial charge in [0, 0.05) is 16.7 Å². The van der Waals surface area contributed by atoms with Crippen molar-refractivity contribution in [2.45, 2.75) is 0 Å². The minimum atomic E-state index is -0.280. The molecule has 0 aliphatic carbocycles. The first-order valence-electron chi connectivity index (χ1n) is 7.30. The van der Waals surface area contributed by atoms with Gasteiger partial charge in [-0.1, -0.05) is 6.07 Å². The molecule has 0 bridgehead atoms. The molecule has 2 heterocycles. The van der Waals surface area contributed by atoms with Gasteiger partial charge in [-0.05, 0) is 45.8 Å². The van der Waals surface area contributed by atoms with Gasteiger partial charge < -0.3 is 14.8 Å². The minimum absolute atomic E-state index is 0.280. The number of amides is 1. The Balaban J connectivity index is 1.78. The molecule has 25 heavy (non-hydrogen) atoms. The van der Waals surface area contributed by atoms with Gasteiger partial charge in [0.1, 0.15) is 6.33 Å². The number of carbonyl (C=O) groups excluding carboxylic acids is 1. The van der Waals surface area contributed by atoms with E-state index >= 15 is 0 Å². The fourth-order valence-electron chi connectivity index (χ4n) is 2.30. The Hall–Kier alpha value is -2.87. The van der Waals surface area contributed by atoms with E-state index in [0.29, 0.717) is 22.8 Å². The molecule has 0 spiro atoms. The van der Waals surface area contributed by atoms with Gasteiger partial charge in [-0.3, -0.25) is 9.20 Å². The van der Waals surface area contributed by atoms with E-state index in [0.717, 1.165) is 10.0 Å². The van der Waals surface area contributed by atoms with Crippen LogP contribution in [-0.4, -0.2) is 34.7 Å². The second-order valence-corrected chi connectivity index (χ2v) is 5.99. The average molecular weight is 403 g/mol. The SMILES string of the molecule is COc1ccc(/C=C/C(=O)Nc2cc(Br)cn3cnnc23)cc1OC. The maximum Gasteiger partial charge on any atom is 0.248 e. The van der Waals surface area contributed by atoms with Crippen LogP contribution < -0.4 is 14.8 Å². The van der Waals surface area contributed by atoms with Crippen LogP contribution in [0.3, 0.4) is 0 Å². The summed E-state index contributed by atoms with van der Waals surface area (Å²) in [6.45, 7) is 0. The highest BCUT2D eigenvalue weighted by atomic mass is 79.9. The number of rotatable bonds is 5. The van der Waals surface area contributed by atoms with Crippen LogP contribution in [0.25, 0.3) is 11.7 Å². The van der Waals surface area contributed by atoms with Gasteiger partial charge in [-0.2, -0.15) is 0 Å². The third kappa shape index (κ3) is 3.80. The van der Waals surface area contributed by atoms with Crippen molar-refractivity contribution in [3.05, 3.63) is 52.9 Å². The molecule has 2 aromatic heterocycles. The summed E-state index contributed by atoms with van der Waals surface area (Å²) in [5.41, 5.74) is 1.94. The number of carbonyl (C=O) groups is 1. The molecular weight excluding hydrogens is 388 g/mol. The number of pyridine rings is 1. The Morgan fingerprint density at radius 3 is 2.80 bits per heavy atom. The zero-order valence-corrected chi connectivity index (χ0v) is 15.1. The number of methoxy groups -OCH3 is 2. The number of ether oxygens (including phenoxy) is 2. The molecule has 0 atom stereocenters. The number of fused-ring (bicyclic) bond motifs is 1. The normalized spacial score (nSPS) is 11.0. The Morgan fingerprint density at radius 1 is 1.24 bits per heavy atom. The van der Waals surface area contributed by atoms with E-state index in [1.54, 1.807) is 49.2 Å². The molecule has 0 aliphatic rings. The number of nitrogens with zero attached hydrogens (tertiary/aromatic N) is 3. The summed E-state index contributed by atoms with van der Waals surface area (Å²) in [5, 5.41) is 10.6. The van der Waals surface area contributed by atoms with Gasteiger partial charge in [0.15, 0.2) is 17.1 Å². The molecule has 0 unspecified atom stereocenters. The van der Waals surface area contributed by atoms with Crippen LogP contribution in [0.4, 0.5) is 5.69 Å². The first-order valence-corrected chi connectivity index (χ1v) is 8.10. The largest absolute Gasteiger partial charge is 0.493 e. The quantitative estimate of drug-likeness (QED) is 0.663. The van der Waals surface area contributed by atoms with Crippen LogP contribution in [0.1, 0.15) is 5.56 Å². The van der Waals surface area contributed by atoms with Gasteiger partial charge in [-0.25, -0.2) is 0 Å². The topological polar surface area (TPSA) is 77.8 Å². The van der Waals surface area contributed by atoms with Crippen LogP contribution in [0.15, 0.2) is 47.3 Å². The number of hydrogen-bond acceptors (Lipinski definition) is 5. The summed E-state index contributed by atoms with van der Waals surface area (Å²) in [5.74, 6) is 0.951. The van der Waals surface area contributed by atoms with E-state index in [1.807, 2.05) is 12.3 Å². The summed E-state index contributed by atoms with van der Waals surface area (Å²) < 4.78 is 13.0. The number of aromatic nitrogens is 3. The molecule has 3 aromatic rings. The van der Waals surface area contributed by atoms with Gasteiger partial charge in [0.2, 0.25) is 5.91 Å². The summed E-state index contributed by atoms with van der Waals surface area (Å²) in [6, 6.07) is 7.18. The van der Waals surface area contributed by atoms with E-state index in [2.05, 4.69) is 31.4 Å². The average Bonchev–Trinajstić information content (AvgIpc) is 3.08. The van der Waals surface area contributed by atoms with Crippen LogP contribution in [0.2, 0.25) is 0 Å². The number of halogens is 1. The van der Waals surface area contributed by atoms with E-state index in [-0.39, 0.29) is 5.91 Å². The van der Waals surface area contributed by atoms with Gasteiger partial charge in [-0.15, -0.1) is 10.2 Å². The summed E-state index contributed by atoms with van der Waals surface area (Å²) in [6.07, 6.45) is 6.50. The predicted molar refractivity (Wildman–Crippen MR) is 97.9 cm³/mol. The number of hydrogen-bond donors (Lipinski definition) is 1. The van der Waals surface area contributed by atoms with Crippen molar-refractivity contribution in [1.82, 2.24) is 14.6 Å². The van der Waals surface area contributed by atoms with Gasteiger partial charge in [0.05, 0.1) is 19.9 Å². The van der Waals surface area contributed by atoms with Crippen molar-refractivity contribution in [1.29, 1.82) is 0 Å². The van der Waals surface area contributed by atoms with Crippen molar-refractivity contribution in [3.8, 4) is 11.5 Å². The van der Waals surface area contributed by atoms with Gasteiger partial charge >= 0.3 is 0 Å². The first-order chi connectivity index (χ1) is 12.1. The number of benzene rings is 1. The molecule has 0 saturated heterocycles. The van der Waals surface area contributed by atoms with E-state index in [1.165, 1.54) is 6.08 Å². The maximum absolute atomic E-state index is 12.2. The fraction of sp³-hybridized carbons (Fsp3) is 0.118. The second-order valence-electron chi connectivity index (χ2n) is 5.07. The molecular formula is C17H15BrN4O3. The molecule has 1 aromatic carbocycles. The highest BCUT2D eigenvalue weighted by molar-refractivity contribution is 9.10. The standard InChI is InChI=1S/C17H15BrN4O3/c1-24-14-5-3-11(7-15(14)25-2)4-6-16(23)20-13-8-12(18)9-22-10-19-21-17(13)22/h3-10H,1-2H3,(H,20,23)/b6-4+. The molecule has 128 valence electrons. The van der Waals surface area contributed by atoms with Crippen molar-refractivity contribution >= 4 is 39.2 Å². The zero-order chi connectivity index (χ0) is 17.8. The predicted octanol–water partition coefficient (Wildman–Crippen LogP) is 3.16. The van der Waals surface area contributed by atoms with Crippen molar-refractivity contribution in [2.24, 2.45) is 0 Å². The van der Waals surface area contributed by atoms with E-state index < -0.39 is 0 Å². The third-order valence-corrected chi connectivity index (χ3v) is 3.88. The molecule has 0 radical (unpaired) electrons. The van der Waals surface area contributed by atoms with E-state index in [4.69, 9.17) is 9.47 Å². The first kappa shape index (κ1) is 17.0. The smallest absolute Gasteiger partial charge is 0.248 e. The van der Waals surface area contributed by atoms with E-state index in [9.17, 15) is 4.79 Å². The molecule has 3 rings (SSSR count). The van der Waals surface area contributed by atoms with Crippen molar-refractivity contribution in [3.63, 3.8) is 0 Å². The monoisotopic (exact) mass is 402 g/mol. The molecule has 7 nitrogen and oxygen atoms in total. The van der Waals surface area contributed by atoms with Crippen molar-refractivity contribution in [2.75, 3.05) is 19.5 Å². The lowest BCUT2D eigenvalue weighted by molar-refractivity contribution is -0.111. The van der Waals surface area contributed by atoms with Crippen LogP contribution in [0, 0.1) is 0 Å². The lowest BCUT2D eigenvalue weighted by Gasteiger charge is -2.07. The number of nitrogens with one attached hydrogen (secondary N) is 1. The Kier molecular flexibility index (Phi) is 4.99. The highest BCUT2D eigenvalue weighted by Gasteiger charge is 2.08. The molecule has 0 saturated carbocycles. The lowest BCUT2D eigenvalue weighted by atomic mass is 10.2. The molecule has 0 fully saturated rings. The third-order valence-electron chi connectivity index (χ3n) is 3.45. The van der Waals surface area contributed by atoms with Crippen LogP contribution in [-0.2, 0) is 4.79 Å². The van der Waals surface area contributed by atoms with Crippen molar-refractivity contribution < 1.29 is 14.3 Å². The van der Waals surface area contributed by atoms with Crippen LogP contribution in [0.5, 0.6) is 11.5 Å². The van der Waals surface area contributed by atoms with Crippen LogP contribution >= 0.6 is 15.9 Å². The summed E-state index contributed by atoms with van der Waals surface area (Å²) >= 11 is 3.39. The lowest BCUT2D eigenvalue weighted by Crippen LogP contribution is -2.09. The maximum atomic E-state index is 12.2. The van der Waals surface area contributed by atoms with Gasteiger partial charge in [0.25, 0.3) is 0 Å². The Bertz CT molecular complexity index is 952. The molecule has 0 aliphatic heterocycles. The Labute approximate surface area is 152 Å². The zero-order valence-electron chi connectivity index (χ0n) is 13.6. The molecule has 1 N–H and O–H groups in total. The summed E-state index contributed by atoms with van der Waals surface area (Å²) in [7, 11) is 3.14. The Morgan fingerprint density at radius 2 is 2.04 bits per heavy atom.